The molecule has 88 valence electrons. The summed E-state index contributed by atoms with van der Waals surface area (Å²) < 4.78 is 0. The molecule has 3 heteroatoms. The molecule has 1 fully saturated rings. The molecule has 0 bridgehead atoms. The van der Waals surface area contributed by atoms with Crippen LogP contribution in [0, 0.1) is 0 Å². The van der Waals surface area contributed by atoms with Crippen LogP contribution in [0.3, 0.4) is 0 Å². The first kappa shape index (κ1) is 12.7. The Balaban J connectivity index is 2.41. The average molecular weight is 213 g/mol. The molecule has 0 aromatic rings. The normalized spacial score (nSPS) is 22.3. The van der Waals surface area contributed by atoms with E-state index in [1.54, 1.807) is 0 Å². The minimum absolute atomic E-state index is 0.203. The number of carbonyl (C=O) groups excluding carboxylic acids is 1. The molecule has 1 aliphatic rings. The van der Waals surface area contributed by atoms with Crippen LogP contribution in [0.5, 0.6) is 0 Å². The van der Waals surface area contributed by atoms with Crippen molar-refractivity contribution in [1.82, 2.24) is 4.90 Å². The largest absolute Gasteiger partial charge is 0.395 e. The summed E-state index contributed by atoms with van der Waals surface area (Å²) in [6, 6.07) is 0.393. The van der Waals surface area contributed by atoms with E-state index in [-0.39, 0.29) is 6.61 Å². The standard InChI is InChI=1S/C12H23NO2/c1-2-3-7-13(8-9-14)11-5-4-6-12(15)10-11/h11,14H,2-10H2,1H3. The summed E-state index contributed by atoms with van der Waals surface area (Å²) in [4.78, 5) is 13.7. The van der Waals surface area contributed by atoms with E-state index in [1.807, 2.05) is 0 Å². The highest BCUT2D eigenvalue weighted by atomic mass is 16.3. The lowest BCUT2D eigenvalue weighted by atomic mass is 9.93. The Morgan fingerprint density at radius 3 is 2.87 bits per heavy atom. The van der Waals surface area contributed by atoms with Crippen LogP contribution in [0.2, 0.25) is 0 Å². The quantitative estimate of drug-likeness (QED) is 0.728. The van der Waals surface area contributed by atoms with Gasteiger partial charge in [-0.25, -0.2) is 0 Å². The van der Waals surface area contributed by atoms with Crippen molar-refractivity contribution < 1.29 is 9.90 Å². The van der Waals surface area contributed by atoms with Gasteiger partial charge in [0.1, 0.15) is 5.78 Å². The molecule has 1 N–H and O–H groups in total. The first-order valence-electron chi connectivity index (χ1n) is 6.14. The molecule has 0 radical (unpaired) electrons. The molecule has 1 saturated carbocycles. The summed E-state index contributed by atoms with van der Waals surface area (Å²) in [6.45, 7) is 4.12. The first-order valence-corrected chi connectivity index (χ1v) is 6.14. The van der Waals surface area contributed by atoms with Gasteiger partial charge in [0.2, 0.25) is 0 Å². The van der Waals surface area contributed by atoms with E-state index in [4.69, 9.17) is 5.11 Å². The molecular weight excluding hydrogens is 190 g/mol. The van der Waals surface area contributed by atoms with Crippen LogP contribution < -0.4 is 0 Å². The number of hydrogen-bond donors (Lipinski definition) is 1. The van der Waals surface area contributed by atoms with Gasteiger partial charge >= 0.3 is 0 Å². The third-order valence-corrected chi connectivity index (χ3v) is 3.16. The second-order valence-electron chi connectivity index (χ2n) is 4.40. The molecule has 0 aliphatic heterocycles. The molecule has 1 rings (SSSR count). The molecule has 0 heterocycles. The van der Waals surface area contributed by atoms with Crippen LogP contribution in [0.25, 0.3) is 0 Å². The lowest BCUT2D eigenvalue weighted by molar-refractivity contribution is -0.122. The highest BCUT2D eigenvalue weighted by molar-refractivity contribution is 5.79. The van der Waals surface area contributed by atoms with Crippen molar-refractivity contribution in [2.24, 2.45) is 0 Å². The molecule has 0 spiro atoms. The van der Waals surface area contributed by atoms with E-state index in [2.05, 4.69) is 11.8 Å². The number of rotatable bonds is 6. The maximum Gasteiger partial charge on any atom is 0.134 e. The van der Waals surface area contributed by atoms with Crippen molar-refractivity contribution in [3.05, 3.63) is 0 Å². The fourth-order valence-corrected chi connectivity index (χ4v) is 2.28. The number of nitrogens with zero attached hydrogens (tertiary/aromatic N) is 1. The van der Waals surface area contributed by atoms with Crippen molar-refractivity contribution >= 4 is 5.78 Å². The van der Waals surface area contributed by atoms with Crippen molar-refractivity contribution in [2.75, 3.05) is 19.7 Å². The predicted molar refractivity (Wildman–Crippen MR) is 60.8 cm³/mol. The van der Waals surface area contributed by atoms with Gasteiger partial charge in [0.15, 0.2) is 0 Å². The molecule has 0 aromatic heterocycles. The van der Waals surface area contributed by atoms with Gasteiger partial charge < -0.3 is 5.11 Å². The third kappa shape index (κ3) is 4.31. The zero-order chi connectivity index (χ0) is 11.1. The highest BCUT2D eigenvalue weighted by Gasteiger charge is 2.24. The monoisotopic (exact) mass is 213 g/mol. The van der Waals surface area contributed by atoms with Crippen LogP contribution in [-0.4, -0.2) is 41.5 Å². The Morgan fingerprint density at radius 1 is 1.47 bits per heavy atom. The Morgan fingerprint density at radius 2 is 2.27 bits per heavy atom. The molecule has 1 atom stereocenters. The maximum absolute atomic E-state index is 11.4. The van der Waals surface area contributed by atoms with Gasteiger partial charge in [-0.3, -0.25) is 9.69 Å². The summed E-state index contributed by atoms with van der Waals surface area (Å²) >= 11 is 0. The second-order valence-corrected chi connectivity index (χ2v) is 4.40. The summed E-state index contributed by atoms with van der Waals surface area (Å²) in [5.74, 6) is 0.394. The van der Waals surface area contributed by atoms with Gasteiger partial charge in [-0.2, -0.15) is 0 Å². The van der Waals surface area contributed by atoms with Gasteiger partial charge in [0.05, 0.1) is 6.61 Å². The minimum Gasteiger partial charge on any atom is -0.395 e. The van der Waals surface area contributed by atoms with Gasteiger partial charge in [0, 0.05) is 25.4 Å². The Labute approximate surface area is 92.5 Å². The molecule has 15 heavy (non-hydrogen) atoms. The number of ketones is 1. The predicted octanol–water partition coefficient (Wildman–Crippen LogP) is 1.59. The van der Waals surface area contributed by atoms with E-state index < -0.39 is 0 Å². The first-order chi connectivity index (χ1) is 7.27. The van der Waals surface area contributed by atoms with Gasteiger partial charge in [0.25, 0.3) is 0 Å². The Kier molecular flexibility index (Phi) is 5.88. The van der Waals surface area contributed by atoms with Crippen molar-refractivity contribution in [1.29, 1.82) is 0 Å². The summed E-state index contributed by atoms with van der Waals surface area (Å²) in [5, 5.41) is 9.01. The summed E-state index contributed by atoms with van der Waals surface area (Å²) in [6.07, 6.45) is 5.93. The Bertz CT molecular complexity index is 194. The van der Waals surface area contributed by atoms with E-state index in [9.17, 15) is 4.79 Å². The van der Waals surface area contributed by atoms with Crippen LogP contribution in [0.4, 0.5) is 0 Å². The Hall–Kier alpha value is -0.410. The van der Waals surface area contributed by atoms with Gasteiger partial charge in [-0.1, -0.05) is 13.3 Å². The topological polar surface area (TPSA) is 40.5 Å². The van der Waals surface area contributed by atoms with Crippen molar-refractivity contribution in [2.45, 2.75) is 51.5 Å². The van der Waals surface area contributed by atoms with Crippen LogP contribution in [0.15, 0.2) is 0 Å². The lowest BCUT2D eigenvalue weighted by Gasteiger charge is -2.33. The second kappa shape index (κ2) is 6.96. The smallest absolute Gasteiger partial charge is 0.134 e. The van der Waals surface area contributed by atoms with E-state index in [1.165, 1.54) is 6.42 Å². The zero-order valence-electron chi connectivity index (χ0n) is 9.74. The fraction of sp³-hybridized carbons (Fsp3) is 0.917. The molecule has 1 unspecified atom stereocenters. The lowest BCUT2D eigenvalue weighted by Crippen LogP contribution is -2.41. The molecule has 0 saturated heterocycles. The number of Topliss-reactive ketones (excluding diaryl/α,β-unsaturated/α-hetero) is 1. The summed E-state index contributed by atoms with van der Waals surface area (Å²) in [7, 11) is 0. The molecular formula is C12H23NO2. The van der Waals surface area contributed by atoms with E-state index in [0.29, 0.717) is 18.2 Å². The SMILES string of the molecule is CCCCN(CCO)C1CCCC(=O)C1. The van der Waals surface area contributed by atoms with Gasteiger partial charge in [-0.15, -0.1) is 0 Å². The van der Waals surface area contributed by atoms with Crippen LogP contribution in [-0.2, 0) is 4.79 Å². The highest BCUT2D eigenvalue weighted by Crippen LogP contribution is 2.20. The van der Waals surface area contributed by atoms with Crippen LogP contribution >= 0.6 is 0 Å². The number of hydrogen-bond acceptors (Lipinski definition) is 3. The number of unbranched alkanes of at least 4 members (excludes halogenated alkanes) is 1. The maximum atomic E-state index is 11.4. The molecule has 1 aliphatic carbocycles. The molecule has 3 nitrogen and oxygen atoms in total. The van der Waals surface area contributed by atoms with Crippen molar-refractivity contribution in [3.8, 4) is 0 Å². The van der Waals surface area contributed by atoms with Gasteiger partial charge in [-0.05, 0) is 25.8 Å². The van der Waals surface area contributed by atoms with Crippen LogP contribution in [0.1, 0.15) is 45.4 Å². The van der Waals surface area contributed by atoms with Crippen molar-refractivity contribution in [3.63, 3.8) is 0 Å². The third-order valence-electron chi connectivity index (χ3n) is 3.16. The number of carbonyl (C=O) groups is 1. The summed E-state index contributed by atoms with van der Waals surface area (Å²) in [5.41, 5.74) is 0. The van der Waals surface area contributed by atoms with E-state index in [0.717, 1.165) is 38.8 Å². The van der Waals surface area contributed by atoms with E-state index >= 15 is 0 Å². The number of aliphatic hydroxyl groups is 1. The molecule has 0 aromatic carbocycles. The fourth-order valence-electron chi connectivity index (χ4n) is 2.28. The zero-order valence-corrected chi connectivity index (χ0v) is 9.74. The molecule has 0 amide bonds. The minimum atomic E-state index is 0.203. The number of aliphatic hydroxyl groups excluding tert-OH is 1. The average Bonchev–Trinajstić information content (AvgIpc) is 2.24.